The Morgan fingerprint density at radius 2 is 2.11 bits per heavy atom. The maximum Gasteiger partial charge on any atom is 0.289 e. The van der Waals surface area contributed by atoms with E-state index in [2.05, 4.69) is 17.2 Å². The first-order chi connectivity index (χ1) is 8.96. The second-order valence-electron chi connectivity index (χ2n) is 5.72. The lowest BCUT2D eigenvalue weighted by atomic mass is 9.77. The van der Waals surface area contributed by atoms with Gasteiger partial charge in [0.25, 0.3) is 5.91 Å². The summed E-state index contributed by atoms with van der Waals surface area (Å²) in [4.78, 5) is 16.3. The van der Waals surface area contributed by atoms with Gasteiger partial charge in [0.2, 0.25) is 5.76 Å². The maximum atomic E-state index is 12.2. The van der Waals surface area contributed by atoms with Crippen molar-refractivity contribution in [2.45, 2.75) is 52.0 Å². The van der Waals surface area contributed by atoms with Crippen LogP contribution >= 0.6 is 0 Å². The van der Waals surface area contributed by atoms with E-state index in [9.17, 15) is 9.90 Å². The van der Waals surface area contributed by atoms with Gasteiger partial charge >= 0.3 is 0 Å². The van der Waals surface area contributed by atoms with E-state index in [4.69, 9.17) is 4.42 Å². The SMILES string of the molecule is Cc1nc(C)c(C(=O)NC2(CO)CCC(C)CC2)o1. The lowest BCUT2D eigenvalue weighted by Crippen LogP contribution is -2.53. The number of hydrogen-bond donors (Lipinski definition) is 2. The maximum absolute atomic E-state index is 12.2. The molecule has 0 bridgehead atoms. The van der Waals surface area contributed by atoms with Crippen molar-refractivity contribution in [1.82, 2.24) is 10.3 Å². The summed E-state index contributed by atoms with van der Waals surface area (Å²) >= 11 is 0. The smallest absolute Gasteiger partial charge is 0.289 e. The van der Waals surface area contributed by atoms with Gasteiger partial charge in [-0.25, -0.2) is 4.98 Å². The zero-order valence-corrected chi connectivity index (χ0v) is 11.8. The number of amides is 1. The number of rotatable bonds is 3. The Morgan fingerprint density at radius 3 is 2.58 bits per heavy atom. The molecule has 1 aromatic heterocycles. The minimum atomic E-state index is -0.503. The number of nitrogens with zero attached hydrogens (tertiary/aromatic N) is 1. The molecule has 1 amide bonds. The van der Waals surface area contributed by atoms with E-state index in [1.54, 1.807) is 13.8 Å². The molecule has 0 atom stereocenters. The van der Waals surface area contributed by atoms with Crippen LogP contribution in [0.1, 0.15) is 54.7 Å². The van der Waals surface area contributed by atoms with Gasteiger partial charge in [0, 0.05) is 6.92 Å². The molecule has 0 spiro atoms. The quantitative estimate of drug-likeness (QED) is 0.877. The highest BCUT2D eigenvalue weighted by Crippen LogP contribution is 2.32. The van der Waals surface area contributed by atoms with Crippen LogP contribution in [0.3, 0.4) is 0 Å². The predicted molar refractivity (Wildman–Crippen MR) is 70.9 cm³/mol. The Hall–Kier alpha value is -1.36. The summed E-state index contributed by atoms with van der Waals surface area (Å²) < 4.78 is 5.32. The summed E-state index contributed by atoms with van der Waals surface area (Å²) in [6, 6.07) is 0. The highest BCUT2D eigenvalue weighted by molar-refractivity contribution is 5.93. The molecule has 0 unspecified atom stereocenters. The van der Waals surface area contributed by atoms with Crippen molar-refractivity contribution >= 4 is 5.91 Å². The Kier molecular flexibility index (Phi) is 3.94. The number of aryl methyl sites for hydroxylation is 2. The number of hydrogen-bond acceptors (Lipinski definition) is 4. The number of aliphatic hydroxyl groups excluding tert-OH is 1. The van der Waals surface area contributed by atoms with Crippen LogP contribution in [0.15, 0.2) is 4.42 Å². The van der Waals surface area contributed by atoms with Gasteiger partial charge in [-0.3, -0.25) is 4.79 Å². The van der Waals surface area contributed by atoms with Crippen LogP contribution in [0, 0.1) is 19.8 Å². The monoisotopic (exact) mass is 266 g/mol. The molecule has 0 radical (unpaired) electrons. The lowest BCUT2D eigenvalue weighted by molar-refractivity contribution is 0.0691. The first kappa shape index (κ1) is 14.1. The van der Waals surface area contributed by atoms with Gasteiger partial charge in [-0.15, -0.1) is 0 Å². The van der Waals surface area contributed by atoms with E-state index in [1.807, 2.05) is 0 Å². The third-order valence-electron chi connectivity index (χ3n) is 4.02. The van der Waals surface area contributed by atoms with Gasteiger partial charge in [0.1, 0.15) is 0 Å². The molecular formula is C14H22N2O3. The van der Waals surface area contributed by atoms with E-state index in [0.717, 1.165) is 25.7 Å². The van der Waals surface area contributed by atoms with E-state index in [1.165, 1.54) is 0 Å². The van der Waals surface area contributed by atoms with Crippen LogP contribution < -0.4 is 5.32 Å². The van der Waals surface area contributed by atoms with Gasteiger partial charge in [-0.05, 0) is 38.5 Å². The highest BCUT2D eigenvalue weighted by Gasteiger charge is 2.36. The summed E-state index contributed by atoms with van der Waals surface area (Å²) in [5, 5.41) is 12.6. The molecule has 5 heteroatoms. The molecule has 1 aromatic rings. The van der Waals surface area contributed by atoms with Crippen LogP contribution in [0.25, 0.3) is 0 Å². The third kappa shape index (κ3) is 2.97. The first-order valence-electron chi connectivity index (χ1n) is 6.83. The molecule has 0 aromatic carbocycles. The van der Waals surface area contributed by atoms with Crippen molar-refractivity contribution in [3.05, 3.63) is 17.3 Å². The molecule has 0 aliphatic heterocycles. The second-order valence-corrected chi connectivity index (χ2v) is 5.72. The van der Waals surface area contributed by atoms with Crippen molar-refractivity contribution in [2.24, 2.45) is 5.92 Å². The minimum Gasteiger partial charge on any atom is -0.436 e. The molecule has 19 heavy (non-hydrogen) atoms. The zero-order valence-electron chi connectivity index (χ0n) is 11.8. The molecular weight excluding hydrogens is 244 g/mol. The summed E-state index contributed by atoms with van der Waals surface area (Å²) in [7, 11) is 0. The zero-order chi connectivity index (χ0) is 14.0. The van der Waals surface area contributed by atoms with Crippen molar-refractivity contribution < 1.29 is 14.3 Å². The fraction of sp³-hybridized carbons (Fsp3) is 0.714. The molecule has 2 rings (SSSR count). The van der Waals surface area contributed by atoms with Crippen LogP contribution in [0.4, 0.5) is 0 Å². The Bertz CT molecular complexity index is 459. The van der Waals surface area contributed by atoms with Gasteiger partial charge < -0.3 is 14.8 Å². The van der Waals surface area contributed by atoms with Gasteiger partial charge in [0.05, 0.1) is 17.8 Å². The number of aliphatic hydroxyl groups is 1. The standard InChI is InChI=1S/C14H22N2O3/c1-9-4-6-14(8-17,7-5-9)16-13(18)12-10(2)15-11(3)19-12/h9,17H,4-8H2,1-3H3,(H,16,18). The van der Waals surface area contributed by atoms with E-state index in [-0.39, 0.29) is 18.3 Å². The molecule has 1 fully saturated rings. The predicted octanol–water partition coefficient (Wildman–Crippen LogP) is 1.96. The van der Waals surface area contributed by atoms with E-state index in [0.29, 0.717) is 17.5 Å². The summed E-state index contributed by atoms with van der Waals surface area (Å²) in [5.41, 5.74) is 0.0868. The average molecular weight is 266 g/mol. The second kappa shape index (κ2) is 5.33. The topological polar surface area (TPSA) is 75.4 Å². The Labute approximate surface area is 113 Å². The first-order valence-corrected chi connectivity index (χ1v) is 6.83. The van der Waals surface area contributed by atoms with Crippen molar-refractivity contribution in [3.63, 3.8) is 0 Å². The van der Waals surface area contributed by atoms with Gasteiger partial charge in [0.15, 0.2) is 5.89 Å². The summed E-state index contributed by atoms with van der Waals surface area (Å²) in [6.45, 7) is 5.64. The number of aromatic nitrogens is 1. The molecule has 1 aliphatic rings. The highest BCUT2D eigenvalue weighted by atomic mass is 16.4. The molecule has 2 N–H and O–H groups in total. The summed E-state index contributed by atoms with van der Waals surface area (Å²) in [5.74, 6) is 1.12. The molecule has 1 aliphatic carbocycles. The Balaban J connectivity index is 2.10. The van der Waals surface area contributed by atoms with Gasteiger partial charge in [-0.2, -0.15) is 0 Å². The van der Waals surface area contributed by atoms with Gasteiger partial charge in [-0.1, -0.05) is 6.92 Å². The number of nitrogens with one attached hydrogen (secondary N) is 1. The lowest BCUT2D eigenvalue weighted by Gasteiger charge is -2.38. The molecule has 1 saturated carbocycles. The normalized spacial score (nSPS) is 27.3. The fourth-order valence-electron chi connectivity index (χ4n) is 2.68. The van der Waals surface area contributed by atoms with Crippen molar-refractivity contribution in [3.8, 4) is 0 Å². The molecule has 106 valence electrons. The molecule has 0 saturated heterocycles. The van der Waals surface area contributed by atoms with Crippen LogP contribution in [-0.2, 0) is 0 Å². The molecule has 1 heterocycles. The number of carbonyl (C=O) groups excluding carboxylic acids is 1. The Morgan fingerprint density at radius 1 is 1.47 bits per heavy atom. The van der Waals surface area contributed by atoms with E-state index < -0.39 is 5.54 Å². The van der Waals surface area contributed by atoms with Crippen LogP contribution in [0.2, 0.25) is 0 Å². The minimum absolute atomic E-state index is 0.0301. The van der Waals surface area contributed by atoms with Crippen LogP contribution in [0.5, 0.6) is 0 Å². The molecule has 5 nitrogen and oxygen atoms in total. The van der Waals surface area contributed by atoms with Crippen LogP contribution in [-0.4, -0.2) is 28.1 Å². The third-order valence-corrected chi connectivity index (χ3v) is 4.02. The summed E-state index contributed by atoms with van der Waals surface area (Å²) in [6.07, 6.45) is 3.66. The van der Waals surface area contributed by atoms with E-state index >= 15 is 0 Å². The van der Waals surface area contributed by atoms with Crippen molar-refractivity contribution in [2.75, 3.05) is 6.61 Å². The number of oxazole rings is 1. The number of carbonyl (C=O) groups is 1. The average Bonchev–Trinajstić information content (AvgIpc) is 2.72. The largest absolute Gasteiger partial charge is 0.436 e. The van der Waals surface area contributed by atoms with Crippen molar-refractivity contribution in [1.29, 1.82) is 0 Å². The fourth-order valence-corrected chi connectivity index (χ4v) is 2.68.